The van der Waals surface area contributed by atoms with Crippen LogP contribution in [0.2, 0.25) is 0 Å². The predicted octanol–water partition coefficient (Wildman–Crippen LogP) is 1.77. The summed E-state index contributed by atoms with van der Waals surface area (Å²) in [4.78, 5) is 0. The summed E-state index contributed by atoms with van der Waals surface area (Å²) >= 11 is 0. The van der Waals surface area contributed by atoms with Crippen LogP contribution in [-0.4, -0.2) is 23.9 Å². The molecule has 1 aromatic carbocycles. The summed E-state index contributed by atoms with van der Waals surface area (Å²) in [5.74, 6) is 0. The van der Waals surface area contributed by atoms with Crippen LogP contribution in [0.3, 0.4) is 0 Å². The minimum Gasteiger partial charge on any atom is -0.392 e. The third kappa shape index (κ3) is 2.30. The Balaban J connectivity index is 2.09. The summed E-state index contributed by atoms with van der Waals surface area (Å²) < 4.78 is 5.49. The number of aliphatic hydroxyl groups is 1. The molecule has 0 saturated carbocycles. The van der Waals surface area contributed by atoms with E-state index in [4.69, 9.17) is 4.74 Å². The molecule has 2 atom stereocenters. The van der Waals surface area contributed by atoms with Gasteiger partial charge in [0.25, 0.3) is 0 Å². The van der Waals surface area contributed by atoms with Gasteiger partial charge >= 0.3 is 0 Å². The molecule has 82 valence electrons. The molecule has 1 aromatic rings. The monoisotopic (exact) mass is 207 g/mol. The van der Waals surface area contributed by atoms with Crippen molar-refractivity contribution in [3.63, 3.8) is 0 Å². The van der Waals surface area contributed by atoms with Gasteiger partial charge in [-0.25, -0.2) is 0 Å². The normalized spacial score (nSPS) is 25.5. The Kier molecular flexibility index (Phi) is 3.23. The zero-order chi connectivity index (χ0) is 10.7. The van der Waals surface area contributed by atoms with Crippen LogP contribution in [0.15, 0.2) is 24.3 Å². The van der Waals surface area contributed by atoms with Crippen molar-refractivity contribution in [3.05, 3.63) is 29.8 Å². The second kappa shape index (κ2) is 4.64. The first kappa shape index (κ1) is 10.5. The van der Waals surface area contributed by atoms with Crippen molar-refractivity contribution in [2.75, 3.05) is 11.9 Å². The summed E-state index contributed by atoms with van der Waals surface area (Å²) in [6.07, 6.45) is 1.28. The Morgan fingerprint density at radius 2 is 2.27 bits per heavy atom. The van der Waals surface area contributed by atoms with Crippen LogP contribution in [0.5, 0.6) is 0 Å². The van der Waals surface area contributed by atoms with Crippen molar-refractivity contribution < 1.29 is 9.84 Å². The van der Waals surface area contributed by atoms with Gasteiger partial charge in [-0.05, 0) is 19.4 Å². The van der Waals surface area contributed by atoms with Crippen LogP contribution in [0, 0.1) is 0 Å². The van der Waals surface area contributed by atoms with Crippen molar-refractivity contribution in [1.82, 2.24) is 0 Å². The van der Waals surface area contributed by atoms with Crippen LogP contribution in [0.4, 0.5) is 5.69 Å². The van der Waals surface area contributed by atoms with Crippen molar-refractivity contribution in [2.24, 2.45) is 0 Å². The van der Waals surface area contributed by atoms with E-state index in [1.165, 1.54) is 0 Å². The van der Waals surface area contributed by atoms with Crippen LogP contribution in [-0.2, 0) is 11.3 Å². The van der Waals surface area contributed by atoms with Gasteiger partial charge in [0.2, 0.25) is 0 Å². The van der Waals surface area contributed by atoms with Gasteiger partial charge in [-0.3, -0.25) is 0 Å². The third-order valence-corrected chi connectivity index (χ3v) is 2.90. The van der Waals surface area contributed by atoms with E-state index >= 15 is 0 Å². The number of para-hydroxylation sites is 1. The molecule has 0 aromatic heterocycles. The lowest BCUT2D eigenvalue weighted by Gasteiger charge is -2.19. The van der Waals surface area contributed by atoms with Gasteiger partial charge in [0, 0.05) is 17.9 Å². The number of hydrogen-bond acceptors (Lipinski definition) is 3. The average molecular weight is 207 g/mol. The van der Waals surface area contributed by atoms with Crippen molar-refractivity contribution in [3.8, 4) is 0 Å². The molecule has 1 fully saturated rings. The number of hydrogen-bond donors (Lipinski definition) is 2. The van der Waals surface area contributed by atoms with E-state index in [1.807, 2.05) is 24.3 Å². The summed E-state index contributed by atoms with van der Waals surface area (Å²) in [5.41, 5.74) is 1.96. The Hall–Kier alpha value is -1.06. The fraction of sp³-hybridized carbons (Fsp3) is 0.500. The highest BCUT2D eigenvalue weighted by Gasteiger charge is 2.24. The number of nitrogens with one attached hydrogen (secondary N) is 1. The molecule has 2 rings (SSSR count). The van der Waals surface area contributed by atoms with E-state index in [0.717, 1.165) is 24.3 Å². The minimum atomic E-state index is 0.0745. The second-order valence-corrected chi connectivity index (χ2v) is 3.93. The summed E-state index contributed by atoms with van der Waals surface area (Å²) in [5, 5.41) is 12.6. The molecule has 0 unspecified atom stereocenters. The molecule has 1 aliphatic heterocycles. The number of rotatable bonds is 3. The minimum absolute atomic E-state index is 0.0745. The quantitative estimate of drug-likeness (QED) is 0.793. The molecule has 0 bridgehead atoms. The lowest BCUT2D eigenvalue weighted by atomic mass is 10.1. The van der Waals surface area contributed by atoms with Gasteiger partial charge in [0.15, 0.2) is 0 Å². The Bertz CT molecular complexity index is 327. The molecule has 0 spiro atoms. The van der Waals surface area contributed by atoms with Gasteiger partial charge in [-0.15, -0.1) is 0 Å². The molecule has 3 heteroatoms. The highest BCUT2D eigenvalue weighted by molar-refractivity contribution is 5.51. The molecule has 1 heterocycles. The maximum atomic E-state index is 9.19. The van der Waals surface area contributed by atoms with E-state index in [1.54, 1.807) is 0 Å². The molecule has 0 amide bonds. The fourth-order valence-corrected chi connectivity index (χ4v) is 1.92. The van der Waals surface area contributed by atoms with Gasteiger partial charge in [-0.2, -0.15) is 0 Å². The fourth-order valence-electron chi connectivity index (χ4n) is 1.92. The van der Waals surface area contributed by atoms with Gasteiger partial charge in [-0.1, -0.05) is 18.2 Å². The molecule has 2 N–H and O–H groups in total. The first-order valence-electron chi connectivity index (χ1n) is 5.38. The molecular weight excluding hydrogens is 190 g/mol. The molecule has 0 radical (unpaired) electrons. The van der Waals surface area contributed by atoms with Crippen LogP contribution < -0.4 is 5.32 Å². The third-order valence-electron chi connectivity index (χ3n) is 2.90. The zero-order valence-corrected chi connectivity index (χ0v) is 8.94. The maximum absolute atomic E-state index is 9.19. The highest BCUT2D eigenvalue weighted by atomic mass is 16.5. The lowest BCUT2D eigenvalue weighted by Crippen LogP contribution is -2.27. The smallest absolute Gasteiger partial charge is 0.0748 e. The first-order valence-corrected chi connectivity index (χ1v) is 5.38. The van der Waals surface area contributed by atoms with E-state index < -0.39 is 0 Å². The van der Waals surface area contributed by atoms with Gasteiger partial charge < -0.3 is 15.2 Å². The second-order valence-electron chi connectivity index (χ2n) is 3.93. The molecule has 15 heavy (non-hydrogen) atoms. The molecule has 1 saturated heterocycles. The van der Waals surface area contributed by atoms with Crippen LogP contribution in [0.25, 0.3) is 0 Å². The Morgan fingerprint density at radius 1 is 1.47 bits per heavy atom. The van der Waals surface area contributed by atoms with Crippen LogP contribution >= 0.6 is 0 Å². The molecule has 1 aliphatic rings. The highest BCUT2D eigenvalue weighted by Crippen LogP contribution is 2.21. The standard InChI is InChI=1S/C12H17NO2/c1-9-11(6-7-15-9)13-12-5-3-2-4-10(12)8-14/h2-5,9,11,13-14H,6-8H2,1H3/t9-,11+/m0/s1. The van der Waals surface area contributed by atoms with E-state index in [0.29, 0.717) is 6.04 Å². The predicted molar refractivity (Wildman–Crippen MR) is 59.8 cm³/mol. The van der Waals surface area contributed by atoms with Crippen LogP contribution in [0.1, 0.15) is 18.9 Å². The largest absolute Gasteiger partial charge is 0.392 e. The summed E-state index contributed by atoms with van der Waals surface area (Å²) in [6.45, 7) is 2.97. The van der Waals surface area contributed by atoms with Crippen molar-refractivity contribution >= 4 is 5.69 Å². The summed E-state index contributed by atoms with van der Waals surface area (Å²) in [7, 11) is 0. The number of aliphatic hydroxyl groups excluding tert-OH is 1. The van der Waals surface area contributed by atoms with Gasteiger partial charge in [0.05, 0.1) is 18.8 Å². The Labute approximate surface area is 90.1 Å². The number of benzene rings is 1. The zero-order valence-electron chi connectivity index (χ0n) is 8.94. The summed E-state index contributed by atoms with van der Waals surface area (Å²) in [6, 6.07) is 8.20. The van der Waals surface area contributed by atoms with Crippen molar-refractivity contribution in [2.45, 2.75) is 32.1 Å². The first-order chi connectivity index (χ1) is 7.31. The van der Waals surface area contributed by atoms with Gasteiger partial charge in [0.1, 0.15) is 0 Å². The van der Waals surface area contributed by atoms with E-state index in [9.17, 15) is 5.11 Å². The number of anilines is 1. The van der Waals surface area contributed by atoms with Crippen molar-refractivity contribution in [1.29, 1.82) is 0 Å². The Morgan fingerprint density at radius 3 is 2.93 bits per heavy atom. The van der Waals surface area contributed by atoms with E-state index in [-0.39, 0.29) is 12.7 Å². The SMILES string of the molecule is C[C@@H]1OCC[C@H]1Nc1ccccc1CO. The lowest BCUT2D eigenvalue weighted by molar-refractivity contribution is 0.121. The van der Waals surface area contributed by atoms with E-state index in [2.05, 4.69) is 12.2 Å². The molecule has 3 nitrogen and oxygen atoms in total. The average Bonchev–Trinajstić information content (AvgIpc) is 2.65. The number of ether oxygens (including phenoxy) is 1. The maximum Gasteiger partial charge on any atom is 0.0748 e. The molecule has 0 aliphatic carbocycles. The topological polar surface area (TPSA) is 41.5 Å². The molecular formula is C12H17NO2.